The van der Waals surface area contributed by atoms with Gasteiger partial charge in [0.25, 0.3) is 0 Å². The molecule has 0 aliphatic carbocycles. The number of hydrogen-bond acceptors (Lipinski definition) is 3. The SMILES string of the molecule is CCCCCCCCC(c1ccc(O)cc1)S(=O)[O-]. The molecule has 0 aromatic heterocycles. The maximum absolute atomic E-state index is 11.3. The first-order valence-corrected chi connectivity index (χ1v) is 8.16. The first kappa shape index (κ1) is 16.2. The minimum atomic E-state index is -2.10. The molecule has 0 heterocycles. The van der Waals surface area contributed by atoms with Gasteiger partial charge in [-0.15, -0.1) is 0 Å². The van der Waals surface area contributed by atoms with E-state index in [4.69, 9.17) is 0 Å². The summed E-state index contributed by atoms with van der Waals surface area (Å²) in [5.41, 5.74) is 0.764. The molecule has 0 bridgehead atoms. The number of hydrogen-bond donors (Lipinski definition) is 1. The lowest BCUT2D eigenvalue weighted by molar-refractivity contribution is 0.474. The lowest BCUT2D eigenvalue weighted by atomic mass is 10.0. The normalized spacial score (nSPS) is 14.2. The van der Waals surface area contributed by atoms with Crippen LogP contribution in [-0.4, -0.2) is 13.9 Å². The average Bonchev–Trinajstić information content (AvgIpc) is 2.39. The second-order valence-corrected chi connectivity index (χ2v) is 5.99. The van der Waals surface area contributed by atoms with Crippen molar-refractivity contribution >= 4 is 11.1 Å². The van der Waals surface area contributed by atoms with Gasteiger partial charge in [-0.2, -0.15) is 0 Å². The Hall–Kier alpha value is -0.870. The van der Waals surface area contributed by atoms with Crippen molar-refractivity contribution in [2.75, 3.05) is 0 Å². The van der Waals surface area contributed by atoms with Gasteiger partial charge in [0.15, 0.2) is 0 Å². The molecule has 4 heteroatoms. The fourth-order valence-electron chi connectivity index (χ4n) is 2.17. The van der Waals surface area contributed by atoms with Crippen molar-refractivity contribution in [2.45, 2.75) is 57.1 Å². The van der Waals surface area contributed by atoms with Gasteiger partial charge in [0.1, 0.15) is 5.75 Å². The predicted molar refractivity (Wildman–Crippen MR) is 77.8 cm³/mol. The van der Waals surface area contributed by atoms with E-state index in [-0.39, 0.29) is 5.75 Å². The predicted octanol–water partition coefficient (Wildman–Crippen LogP) is 4.06. The van der Waals surface area contributed by atoms with Crippen LogP contribution in [0, 0.1) is 0 Å². The third kappa shape index (κ3) is 6.21. The Bertz CT molecular complexity index is 375. The zero-order valence-corrected chi connectivity index (χ0v) is 12.3. The van der Waals surface area contributed by atoms with Crippen molar-refractivity contribution in [1.82, 2.24) is 0 Å². The highest BCUT2D eigenvalue weighted by Gasteiger charge is 2.11. The Labute approximate surface area is 118 Å². The molecule has 0 aliphatic rings. The van der Waals surface area contributed by atoms with Crippen LogP contribution in [-0.2, 0) is 11.1 Å². The Morgan fingerprint density at radius 2 is 1.68 bits per heavy atom. The largest absolute Gasteiger partial charge is 0.772 e. The van der Waals surface area contributed by atoms with Crippen LogP contribution in [0.25, 0.3) is 0 Å². The van der Waals surface area contributed by atoms with E-state index in [0.29, 0.717) is 6.42 Å². The van der Waals surface area contributed by atoms with Crippen LogP contribution in [0.15, 0.2) is 24.3 Å². The quantitative estimate of drug-likeness (QED) is 0.549. The van der Waals surface area contributed by atoms with Crippen molar-refractivity contribution in [1.29, 1.82) is 0 Å². The van der Waals surface area contributed by atoms with E-state index < -0.39 is 16.3 Å². The monoisotopic (exact) mass is 283 g/mol. The Kier molecular flexibility index (Phi) is 7.75. The zero-order chi connectivity index (χ0) is 14.1. The maximum Gasteiger partial charge on any atom is 0.115 e. The highest BCUT2D eigenvalue weighted by atomic mass is 32.2. The van der Waals surface area contributed by atoms with Gasteiger partial charge in [-0.25, -0.2) is 0 Å². The average molecular weight is 283 g/mol. The third-order valence-corrected chi connectivity index (χ3v) is 4.29. The maximum atomic E-state index is 11.3. The van der Waals surface area contributed by atoms with Crippen LogP contribution < -0.4 is 0 Å². The van der Waals surface area contributed by atoms with Crippen LogP contribution >= 0.6 is 0 Å². The lowest BCUT2D eigenvalue weighted by Crippen LogP contribution is -2.06. The summed E-state index contributed by atoms with van der Waals surface area (Å²) in [5.74, 6) is 0.166. The summed E-state index contributed by atoms with van der Waals surface area (Å²) in [5, 5.41) is 8.77. The van der Waals surface area contributed by atoms with Crippen molar-refractivity contribution < 1.29 is 13.9 Å². The summed E-state index contributed by atoms with van der Waals surface area (Å²) in [4.78, 5) is 0. The summed E-state index contributed by atoms with van der Waals surface area (Å²) in [7, 11) is 0. The van der Waals surface area contributed by atoms with Crippen LogP contribution in [0.2, 0.25) is 0 Å². The van der Waals surface area contributed by atoms with Gasteiger partial charge in [-0.05, 0) is 35.2 Å². The second kappa shape index (κ2) is 9.10. The molecule has 108 valence electrons. The number of benzene rings is 1. The van der Waals surface area contributed by atoms with E-state index in [1.807, 2.05) is 0 Å². The first-order chi connectivity index (χ1) is 9.15. The van der Waals surface area contributed by atoms with E-state index in [2.05, 4.69) is 6.92 Å². The Morgan fingerprint density at radius 3 is 2.26 bits per heavy atom. The molecule has 2 unspecified atom stereocenters. The molecule has 1 rings (SSSR count). The highest BCUT2D eigenvalue weighted by Crippen LogP contribution is 2.26. The van der Waals surface area contributed by atoms with Crippen LogP contribution in [0.3, 0.4) is 0 Å². The van der Waals surface area contributed by atoms with E-state index in [0.717, 1.165) is 18.4 Å². The van der Waals surface area contributed by atoms with Crippen molar-refractivity contribution in [2.24, 2.45) is 0 Å². The summed E-state index contributed by atoms with van der Waals surface area (Å²) in [6.07, 6.45) is 7.58. The number of unbranched alkanes of at least 4 members (excludes halogenated alkanes) is 5. The van der Waals surface area contributed by atoms with Gasteiger partial charge in [0.2, 0.25) is 0 Å². The molecule has 3 nitrogen and oxygen atoms in total. The van der Waals surface area contributed by atoms with Crippen LogP contribution in [0.5, 0.6) is 5.75 Å². The summed E-state index contributed by atoms with van der Waals surface area (Å²) in [6.45, 7) is 2.18. The minimum Gasteiger partial charge on any atom is -0.772 e. The van der Waals surface area contributed by atoms with Gasteiger partial charge in [0.05, 0.1) is 0 Å². The first-order valence-electron chi connectivity index (χ1n) is 7.02. The van der Waals surface area contributed by atoms with Gasteiger partial charge >= 0.3 is 0 Å². The van der Waals surface area contributed by atoms with E-state index in [9.17, 15) is 13.9 Å². The molecule has 0 amide bonds. The van der Waals surface area contributed by atoms with Gasteiger partial charge in [-0.3, -0.25) is 4.21 Å². The fraction of sp³-hybridized carbons (Fsp3) is 0.600. The summed E-state index contributed by atoms with van der Waals surface area (Å²) >= 11 is -2.10. The molecule has 1 N–H and O–H groups in total. The topological polar surface area (TPSA) is 60.4 Å². The Balaban J connectivity index is 2.41. The van der Waals surface area contributed by atoms with E-state index in [1.54, 1.807) is 12.1 Å². The number of rotatable bonds is 9. The molecule has 0 saturated heterocycles. The van der Waals surface area contributed by atoms with Crippen molar-refractivity contribution in [3.63, 3.8) is 0 Å². The van der Waals surface area contributed by atoms with Crippen LogP contribution in [0.4, 0.5) is 0 Å². The second-order valence-electron chi connectivity index (χ2n) is 4.90. The molecular formula is C15H23O3S-. The fourth-order valence-corrected chi connectivity index (χ4v) is 2.91. The number of phenols is 1. The highest BCUT2D eigenvalue weighted by molar-refractivity contribution is 7.79. The molecule has 1 aromatic carbocycles. The summed E-state index contributed by atoms with van der Waals surface area (Å²) < 4.78 is 22.6. The van der Waals surface area contributed by atoms with E-state index in [1.165, 1.54) is 37.8 Å². The standard InChI is InChI=1S/C15H24O3S/c1-2-3-4-5-6-7-8-15(19(17)18)13-9-11-14(16)12-10-13/h9-12,15-16H,2-8H2,1H3,(H,17,18)/p-1. The molecule has 1 aromatic rings. The van der Waals surface area contributed by atoms with Crippen molar-refractivity contribution in [3.8, 4) is 5.75 Å². The minimum absolute atomic E-state index is 0.166. The molecule has 0 fully saturated rings. The van der Waals surface area contributed by atoms with E-state index >= 15 is 0 Å². The molecule has 0 radical (unpaired) electrons. The molecule has 0 saturated carbocycles. The molecule has 19 heavy (non-hydrogen) atoms. The lowest BCUT2D eigenvalue weighted by Gasteiger charge is -2.20. The number of aromatic hydroxyl groups is 1. The summed E-state index contributed by atoms with van der Waals surface area (Å²) in [6, 6.07) is 6.45. The molecule has 2 atom stereocenters. The zero-order valence-electron chi connectivity index (χ0n) is 11.5. The molecule has 0 aliphatic heterocycles. The van der Waals surface area contributed by atoms with Crippen molar-refractivity contribution in [3.05, 3.63) is 29.8 Å². The van der Waals surface area contributed by atoms with Crippen LogP contribution in [0.1, 0.15) is 62.7 Å². The Morgan fingerprint density at radius 1 is 1.11 bits per heavy atom. The van der Waals surface area contributed by atoms with Gasteiger partial charge in [-0.1, -0.05) is 57.6 Å². The molecular weight excluding hydrogens is 260 g/mol. The number of phenolic OH excluding ortho intramolecular Hbond substituents is 1. The van der Waals surface area contributed by atoms with Gasteiger partial charge in [0, 0.05) is 5.25 Å². The molecule has 0 spiro atoms. The third-order valence-electron chi connectivity index (χ3n) is 3.32. The smallest absolute Gasteiger partial charge is 0.115 e. The van der Waals surface area contributed by atoms with Gasteiger partial charge < -0.3 is 9.66 Å².